The van der Waals surface area contributed by atoms with Crippen molar-refractivity contribution in [2.24, 2.45) is 5.92 Å². The normalized spacial score (nSPS) is 23.4. The van der Waals surface area contributed by atoms with Gasteiger partial charge in [-0.3, -0.25) is 4.79 Å². The molecule has 22 heavy (non-hydrogen) atoms. The van der Waals surface area contributed by atoms with Crippen molar-refractivity contribution in [1.29, 1.82) is 0 Å². The van der Waals surface area contributed by atoms with E-state index < -0.39 is 0 Å². The maximum absolute atomic E-state index is 13.0. The molecule has 0 heterocycles. The highest BCUT2D eigenvalue weighted by Gasteiger charge is 2.55. The summed E-state index contributed by atoms with van der Waals surface area (Å²) in [5, 5.41) is 2.20. The molecule has 2 atom stereocenters. The zero-order chi connectivity index (χ0) is 15.2. The maximum Gasteiger partial charge on any atom is 0.167 e. The third kappa shape index (κ3) is 1.97. The molecule has 0 aliphatic heterocycles. The lowest BCUT2D eigenvalue weighted by Gasteiger charge is -2.12. The van der Waals surface area contributed by atoms with Crippen molar-refractivity contribution in [3.63, 3.8) is 0 Å². The van der Waals surface area contributed by atoms with Crippen LogP contribution < -0.4 is 0 Å². The monoisotopic (exact) mass is 286 g/mol. The highest BCUT2D eigenvalue weighted by molar-refractivity contribution is 6.10. The van der Waals surface area contributed by atoms with E-state index in [9.17, 15) is 4.79 Å². The Balaban J connectivity index is 1.71. The molecule has 0 radical (unpaired) electrons. The van der Waals surface area contributed by atoms with Crippen molar-refractivity contribution in [2.45, 2.75) is 18.8 Å². The summed E-state index contributed by atoms with van der Waals surface area (Å²) >= 11 is 0. The van der Waals surface area contributed by atoms with E-state index >= 15 is 0 Å². The lowest BCUT2D eigenvalue weighted by atomic mass is 9.91. The molecule has 1 aliphatic rings. The average Bonchev–Trinajstić information content (AvgIpc) is 3.28. The van der Waals surface area contributed by atoms with Gasteiger partial charge < -0.3 is 0 Å². The van der Waals surface area contributed by atoms with E-state index in [2.05, 4.69) is 43.3 Å². The molecule has 108 valence electrons. The third-order valence-corrected chi connectivity index (χ3v) is 5.04. The number of hydrogen-bond donors (Lipinski definition) is 0. The van der Waals surface area contributed by atoms with Crippen molar-refractivity contribution < 1.29 is 4.79 Å². The van der Waals surface area contributed by atoms with Crippen molar-refractivity contribution in [3.8, 4) is 0 Å². The minimum absolute atomic E-state index is 0.00467. The first-order chi connectivity index (χ1) is 10.7. The van der Waals surface area contributed by atoms with Gasteiger partial charge in [-0.15, -0.1) is 0 Å². The van der Waals surface area contributed by atoms with Crippen LogP contribution in [-0.2, 0) is 5.41 Å². The van der Waals surface area contributed by atoms with Crippen molar-refractivity contribution >= 4 is 16.6 Å². The number of hydrogen-bond acceptors (Lipinski definition) is 1. The van der Waals surface area contributed by atoms with Crippen LogP contribution in [0.2, 0.25) is 0 Å². The number of carbonyl (C=O) groups is 1. The number of rotatable bonds is 3. The van der Waals surface area contributed by atoms with E-state index in [-0.39, 0.29) is 17.1 Å². The molecular weight excluding hydrogens is 268 g/mol. The molecule has 1 nitrogen and oxygen atoms in total. The molecule has 3 aromatic carbocycles. The molecule has 1 aliphatic carbocycles. The predicted molar refractivity (Wildman–Crippen MR) is 90.2 cm³/mol. The van der Waals surface area contributed by atoms with E-state index in [0.717, 1.165) is 22.8 Å². The Labute approximate surface area is 130 Å². The van der Waals surface area contributed by atoms with Gasteiger partial charge in [-0.1, -0.05) is 79.7 Å². The van der Waals surface area contributed by atoms with Crippen molar-refractivity contribution in [3.05, 3.63) is 83.9 Å². The van der Waals surface area contributed by atoms with Crippen molar-refractivity contribution in [1.82, 2.24) is 0 Å². The second kappa shape index (κ2) is 4.81. The number of Topliss-reactive ketones (excluding diaryl/α,β-unsaturated/α-hetero) is 1. The van der Waals surface area contributed by atoms with Crippen LogP contribution in [0.5, 0.6) is 0 Å². The van der Waals surface area contributed by atoms with Gasteiger partial charge in [0.15, 0.2) is 5.78 Å². The standard InChI is InChI=1S/C21H18O/c1-21(16-10-3-2-4-11-16)14-19(21)20(22)18-13-7-9-15-8-5-6-12-17(15)18/h2-13,19H,14H2,1H3/t19-,21-/m1/s1. The van der Waals surface area contributed by atoms with Gasteiger partial charge in [0.2, 0.25) is 0 Å². The van der Waals surface area contributed by atoms with E-state index in [1.165, 1.54) is 5.56 Å². The van der Waals surface area contributed by atoms with Gasteiger partial charge in [-0.2, -0.15) is 0 Å². The fraction of sp³-hybridized carbons (Fsp3) is 0.190. The molecule has 1 fully saturated rings. The molecule has 0 spiro atoms. The first kappa shape index (κ1) is 13.3. The summed E-state index contributed by atoms with van der Waals surface area (Å²) in [6.07, 6.45) is 0.944. The van der Waals surface area contributed by atoms with Crippen LogP contribution in [0.1, 0.15) is 29.3 Å². The Kier molecular flexibility index (Phi) is 2.90. The van der Waals surface area contributed by atoms with E-state index in [0.29, 0.717) is 0 Å². The van der Waals surface area contributed by atoms with Gasteiger partial charge in [-0.05, 0) is 22.8 Å². The summed E-state index contributed by atoms with van der Waals surface area (Å²) in [5.74, 6) is 0.379. The molecular formula is C21H18O. The van der Waals surface area contributed by atoms with Gasteiger partial charge >= 0.3 is 0 Å². The minimum Gasteiger partial charge on any atom is -0.294 e. The topological polar surface area (TPSA) is 17.1 Å². The maximum atomic E-state index is 13.0. The smallest absolute Gasteiger partial charge is 0.167 e. The Bertz CT molecular complexity index is 845. The molecule has 1 saturated carbocycles. The van der Waals surface area contributed by atoms with Crippen molar-refractivity contribution in [2.75, 3.05) is 0 Å². The van der Waals surface area contributed by atoms with E-state index in [4.69, 9.17) is 0 Å². The Morgan fingerprint density at radius 1 is 0.909 bits per heavy atom. The Morgan fingerprint density at radius 3 is 2.41 bits per heavy atom. The molecule has 0 N–H and O–H groups in total. The Hall–Kier alpha value is -2.41. The number of fused-ring (bicyclic) bond motifs is 1. The van der Waals surface area contributed by atoms with Crippen LogP contribution in [0, 0.1) is 5.92 Å². The number of ketones is 1. The fourth-order valence-corrected chi connectivity index (χ4v) is 3.51. The second-order valence-corrected chi connectivity index (χ2v) is 6.43. The molecule has 4 rings (SSSR count). The van der Waals surface area contributed by atoms with Gasteiger partial charge in [0.25, 0.3) is 0 Å². The van der Waals surface area contributed by atoms with Gasteiger partial charge in [0.1, 0.15) is 0 Å². The summed E-state index contributed by atoms with van der Waals surface area (Å²) < 4.78 is 0. The summed E-state index contributed by atoms with van der Waals surface area (Å²) in [4.78, 5) is 13.0. The zero-order valence-corrected chi connectivity index (χ0v) is 12.6. The third-order valence-electron chi connectivity index (χ3n) is 5.04. The predicted octanol–water partition coefficient (Wildman–Crippen LogP) is 5.00. The lowest BCUT2D eigenvalue weighted by Crippen LogP contribution is -2.12. The van der Waals surface area contributed by atoms with Gasteiger partial charge in [0, 0.05) is 16.9 Å². The first-order valence-corrected chi connectivity index (χ1v) is 7.78. The van der Waals surface area contributed by atoms with E-state index in [1.54, 1.807) is 0 Å². The quantitative estimate of drug-likeness (QED) is 0.619. The molecule has 0 saturated heterocycles. The van der Waals surface area contributed by atoms with Gasteiger partial charge in [0.05, 0.1) is 0 Å². The van der Waals surface area contributed by atoms with E-state index in [1.807, 2.05) is 36.4 Å². The summed E-state index contributed by atoms with van der Waals surface area (Å²) in [6.45, 7) is 2.20. The Morgan fingerprint density at radius 2 is 1.59 bits per heavy atom. The van der Waals surface area contributed by atoms with Gasteiger partial charge in [-0.25, -0.2) is 0 Å². The highest BCUT2D eigenvalue weighted by atomic mass is 16.1. The second-order valence-electron chi connectivity index (χ2n) is 6.43. The van der Waals surface area contributed by atoms with Crippen LogP contribution >= 0.6 is 0 Å². The molecule has 0 bridgehead atoms. The fourth-order valence-electron chi connectivity index (χ4n) is 3.51. The van der Waals surface area contributed by atoms with Crippen LogP contribution in [0.4, 0.5) is 0 Å². The van der Waals surface area contributed by atoms with Crippen LogP contribution in [0.25, 0.3) is 10.8 Å². The van der Waals surface area contributed by atoms with Crippen LogP contribution in [0.3, 0.4) is 0 Å². The first-order valence-electron chi connectivity index (χ1n) is 7.78. The molecule has 0 amide bonds. The highest BCUT2D eigenvalue weighted by Crippen LogP contribution is 2.55. The number of benzene rings is 3. The summed E-state index contributed by atoms with van der Waals surface area (Å²) in [7, 11) is 0. The molecule has 3 aromatic rings. The largest absolute Gasteiger partial charge is 0.294 e. The van der Waals surface area contributed by atoms with Crippen LogP contribution in [-0.4, -0.2) is 5.78 Å². The average molecular weight is 286 g/mol. The molecule has 0 unspecified atom stereocenters. The summed E-state index contributed by atoms with van der Waals surface area (Å²) in [6, 6.07) is 24.5. The lowest BCUT2D eigenvalue weighted by molar-refractivity contribution is 0.0960. The molecule has 1 heteroatoms. The minimum atomic E-state index is -0.00467. The zero-order valence-electron chi connectivity index (χ0n) is 12.6. The summed E-state index contributed by atoms with van der Waals surface area (Å²) in [5.41, 5.74) is 2.13. The molecule has 0 aromatic heterocycles. The van der Waals surface area contributed by atoms with Crippen LogP contribution in [0.15, 0.2) is 72.8 Å². The number of carbonyl (C=O) groups excluding carboxylic acids is 1. The SMILES string of the molecule is C[C@]1(c2ccccc2)C[C@@H]1C(=O)c1cccc2ccccc12.